The smallest absolute Gasteiger partial charge is 0.258 e. The van der Waals surface area contributed by atoms with Crippen LogP contribution in [0.1, 0.15) is 32.8 Å². The number of nitrogens with one attached hydrogen (secondary N) is 1. The van der Waals surface area contributed by atoms with Crippen LogP contribution in [0.3, 0.4) is 0 Å². The predicted molar refractivity (Wildman–Crippen MR) is 83.8 cm³/mol. The second-order valence-corrected chi connectivity index (χ2v) is 5.60. The van der Waals surface area contributed by atoms with Gasteiger partial charge in [-0.15, -0.1) is 0 Å². The summed E-state index contributed by atoms with van der Waals surface area (Å²) in [4.78, 5) is 11.9. The van der Waals surface area contributed by atoms with Crippen molar-refractivity contribution in [1.29, 1.82) is 0 Å². The molecular weight excluding hydrogens is 268 g/mol. The number of hydrogen-bond donors (Lipinski definition) is 2. The highest BCUT2D eigenvalue weighted by atomic mass is 16.5. The minimum atomic E-state index is -0.230. The molecule has 0 saturated carbocycles. The number of amides is 1. The van der Waals surface area contributed by atoms with Gasteiger partial charge in [-0.1, -0.05) is 13.0 Å². The minimum Gasteiger partial charge on any atom is -0.493 e. The molecule has 0 unspecified atom stereocenters. The third-order valence-electron chi connectivity index (χ3n) is 3.38. The van der Waals surface area contributed by atoms with Crippen molar-refractivity contribution in [3.63, 3.8) is 0 Å². The zero-order valence-electron chi connectivity index (χ0n) is 13.4. The van der Waals surface area contributed by atoms with Gasteiger partial charge in [-0.25, -0.2) is 0 Å². The largest absolute Gasteiger partial charge is 0.493 e. The highest BCUT2D eigenvalue weighted by molar-refractivity contribution is 5.78. The van der Waals surface area contributed by atoms with Crippen molar-refractivity contribution in [2.45, 2.75) is 39.2 Å². The van der Waals surface area contributed by atoms with E-state index in [1.165, 1.54) is 0 Å². The molecule has 0 fully saturated rings. The average Bonchev–Trinajstić information content (AvgIpc) is 2.45. The third-order valence-corrected chi connectivity index (χ3v) is 3.38. The van der Waals surface area contributed by atoms with Gasteiger partial charge in [0.1, 0.15) is 0 Å². The molecule has 0 radical (unpaired) electrons. The Balaban J connectivity index is 2.69. The molecule has 0 aliphatic carbocycles. The van der Waals surface area contributed by atoms with Crippen LogP contribution >= 0.6 is 0 Å². The lowest BCUT2D eigenvalue weighted by atomic mass is 10.0. The van der Waals surface area contributed by atoms with E-state index in [1.807, 2.05) is 39.0 Å². The van der Waals surface area contributed by atoms with Crippen molar-refractivity contribution >= 4 is 5.91 Å². The Morgan fingerprint density at radius 2 is 2.05 bits per heavy atom. The van der Waals surface area contributed by atoms with Crippen LogP contribution < -0.4 is 20.5 Å². The molecule has 0 bridgehead atoms. The molecule has 0 spiro atoms. The van der Waals surface area contributed by atoms with E-state index in [0.717, 1.165) is 18.4 Å². The van der Waals surface area contributed by atoms with Gasteiger partial charge < -0.3 is 20.5 Å². The standard InChI is InChI=1S/C16H26N2O3/c1-5-16(2,3)18-15(19)11-21-14-10-12(8-9-17)6-7-13(14)20-4/h6-7,10H,5,8-9,11,17H2,1-4H3,(H,18,19). The van der Waals surface area contributed by atoms with Crippen molar-refractivity contribution in [1.82, 2.24) is 5.32 Å². The summed E-state index contributed by atoms with van der Waals surface area (Å²) in [5, 5.41) is 2.93. The fraction of sp³-hybridized carbons (Fsp3) is 0.562. The predicted octanol–water partition coefficient (Wildman–Crippen LogP) is 1.88. The van der Waals surface area contributed by atoms with Crippen molar-refractivity contribution in [3.8, 4) is 11.5 Å². The van der Waals surface area contributed by atoms with Crippen molar-refractivity contribution in [2.24, 2.45) is 5.73 Å². The van der Waals surface area contributed by atoms with Crippen LogP contribution in [0, 0.1) is 0 Å². The molecule has 0 heterocycles. The number of ether oxygens (including phenoxy) is 2. The normalized spacial score (nSPS) is 11.1. The highest BCUT2D eigenvalue weighted by Gasteiger charge is 2.18. The zero-order valence-corrected chi connectivity index (χ0v) is 13.4. The molecule has 3 N–H and O–H groups in total. The second-order valence-electron chi connectivity index (χ2n) is 5.60. The van der Waals surface area contributed by atoms with Gasteiger partial charge in [0.15, 0.2) is 18.1 Å². The molecule has 0 aliphatic heterocycles. The van der Waals surface area contributed by atoms with Gasteiger partial charge in [0.05, 0.1) is 7.11 Å². The van der Waals surface area contributed by atoms with E-state index >= 15 is 0 Å². The lowest BCUT2D eigenvalue weighted by Gasteiger charge is -2.24. The van der Waals surface area contributed by atoms with Gasteiger partial charge in [0, 0.05) is 5.54 Å². The number of rotatable bonds is 8. The third kappa shape index (κ3) is 5.63. The van der Waals surface area contributed by atoms with E-state index in [1.54, 1.807) is 7.11 Å². The second kappa shape index (κ2) is 7.88. The first-order valence-corrected chi connectivity index (χ1v) is 7.22. The topological polar surface area (TPSA) is 73.6 Å². The minimum absolute atomic E-state index is 0.0358. The molecule has 1 rings (SSSR count). The van der Waals surface area contributed by atoms with E-state index in [0.29, 0.717) is 18.0 Å². The Bertz CT molecular complexity index is 473. The lowest BCUT2D eigenvalue weighted by molar-refractivity contribution is -0.124. The number of nitrogens with two attached hydrogens (primary N) is 1. The van der Waals surface area contributed by atoms with Gasteiger partial charge in [0.2, 0.25) is 0 Å². The Labute approximate surface area is 126 Å². The SMILES string of the molecule is CCC(C)(C)NC(=O)COc1cc(CCN)ccc1OC. The maximum Gasteiger partial charge on any atom is 0.258 e. The van der Waals surface area contributed by atoms with E-state index in [9.17, 15) is 4.79 Å². The summed E-state index contributed by atoms with van der Waals surface area (Å²) >= 11 is 0. The summed E-state index contributed by atoms with van der Waals surface area (Å²) in [6.45, 7) is 6.52. The number of hydrogen-bond acceptors (Lipinski definition) is 4. The van der Waals surface area contributed by atoms with E-state index in [2.05, 4.69) is 5.32 Å². The first-order valence-electron chi connectivity index (χ1n) is 7.22. The molecule has 0 atom stereocenters. The summed E-state index contributed by atoms with van der Waals surface area (Å²) in [6.07, 6.45) is 1.61. The maximum absolute atomic E-state index is 11.9. The van der Waals surface area contributed by atoms with Crippen LogP contribution in [-0.4, -0.2) is 31.7 Å². The van der Waals surface area contributed by atoms with Gasteiger partial charge in [-0.2, -0.15) is 0 Å². The summed E-state index contributed by atoms with van der Waals surface area (Å²) in [5.41, 5.74) is 6.38. The molecule has 118 valence electrons. The van der Waals surface area contributed by atoms with E-state index in [-0.39, 0.29) is 18.1 Å². The lowest BCUT2D eigenvalue weighted by Crippen LogP contribution is -2.44. The Morgan fingerprint density at radius 1 is 1.33 bits per heavy atom. The van der Waals surface area contributed by atoms with Crippen molar-refractivity contribution in [3.05, 3.63) is 23.8 Å². The molecule has 5 nitrogen and oxygen atoms in total. The fourth-order valence-corrected chi connectivity index (χ4v) is 1.80. The molecule has 1 amide bonds. The van der Waals surface area contributed by atoms with Gasteiger partial charge in [-0.05, 0) is 50.9 Å². The summed E-state index contributed by atoms with van der Waals surface area (Å²) < 4.78 is 10.8. The Kier molecular flexibility index (Phi) is 6.49. The summed E-state index contributed by atoms with van der Waals surface area (Å²) in [6, 6.07) is 5.64. The molecule has 21 heavy (non-hydrogen) atoms. The van der Waals surface area contributed by atoms with Crippen LogP contribution in [0.5, 0.6) is 11.5 Å². The molecule has 0 aromatic heterocycles. The summed E-state index contributed by atoms with van der Waals surface area (Å²) in [7, 11) is 1.57. The van der Waals surface area contributed by atoms with Crippen LogP contribution in [0.15, 0.2) is 18.2 Å². The first-order chi connectivity index (χ1) is 9.91. The molecule has 0 aliphatic rings. The van der Waals surface area contributed by atoms with Crippen LogP contribution in [0.4, 0.5) is 0 Å². The van der Waals surface area contributed by atoms with Crippen LogP contribution in [0.2, 0.25) is 0 Å². The molecule has 1 aromatic rings. The van der Waals surface area contributed by atoms with Crippen LogP contribution in [-0.2, 0) is 11.2 Å². The number of methoxy groups -OCH3 is 1. The number of benzene rings is 1. The quantitative estimate of drug-likeness (QED) is 0.768. The maximum atomic E-state index is 11.9. The Morgan fingerprint density at radius 3 is 2.62 bits per heavy atom. The van der Waals surface area contributed by atoms with Crippen molar-refractivity contribution in [2.75, 3.05) is 20.3 Å². The Hall–Kier alpha value is -1.75. The molecule has 1 aromatic carbocycles. The van der Waals surface area contributed by atoms with E-state index < -0.39 is 0 Å². The van der Waals surface area contributed by atoms with E-state index in [4.69, 9.17) is 15.2 Å². The van der Waals surface area contributed by atoms with Crippen molar-refractivity contribution < 1.29 is 14.3 Å². The molecular formula is C16H26N2O3. The average molecular weight is 294 g/mol. The molecule has 5 heteroatoms. The number of carbonyl (C=O) groups excluding carboxylic acids is 1. The van der Waals surface area contributed by atoms with Gasteiger partial charge >= 0.3 is 0 Å². The zero-order chi connectivity index (χ0) is 15.9. The fourth-order valence-electron chi connectivity index (χ4n) is 1.80. The highest BCUT2D eigenvalue weighted by Crippen LogP contribution is 2.28. The van der Waals surface area contributed by atoms with Gasteiger partial charge in [-0.3, -0.25) is 4.79 Å². The number of carbonyl (C=O) groups is 1. The first kappa shape index (κ1) is 17.3. The summed E-state index contributed by atoms with van der Waals surface area (Å²) in [5.74, 6) is 1.03. The monoisotopic (exact) mass is 294 g/mol. The van der Waals surface area contributed by atoms with Crippen LogP contribution in [0.25, 0.3) is 0 Å². The van der Waals surface area contributed by atoms with Gasteiger partial charge in [0.25, 0.3) is 5.91 Å². The molecule has 0 saturated heterocycles.